The Morgan fingerprint density at radius 1 is 1.21 bits per heavy atom. The summed E-state index contributed by atoms with van der Waals surface area (Å²) in [5, 5.41) is 13.9. The summed E-state index contributed by atoms with van der Waals surface area (Å²) in [4.78, 5) is 0. The SMILES string of the molecule is C=C(C)[C@@]1(C)C[C@H](c2ccc(C#N)cc2)c2c(C)nn(-c3ccccc3)c2O1. The fourth-order valence-electron chi connectivity index (χ4n) is 3.84. The second kappa shape index (κ2) is 6.69. The molecule has 3 aromatic rings. The first-order chi connectivity index (χ1) is 13.4. The molecule has 2 atom stereocenters. The van der Waals surface area contributed by atoms with E-state index in [1.54, 1.807) is 0 Å². The van der Waals surface area contributed by atoms with Crippen molar-refractivity contribution in [3.8, 4) is 17.6 Å². The molecule has 0 aliphatic carbocycles. The number of aromatic nitrogens is 2. The summed E-state index contributed by atoms with van der Waals surface area (Å²) in [5.41, 5.74) is 5.34. The monoisotopic (exact) mass is 369 g/mol. The number of rotatable bonds is 3. The number of hydrogen-bond donors (Lipinski definition) is 0. The molecular formula is C24H23N3O. The lowest BCUT2D eigenvalue weighted by Crippen LogP contribution is -2.39. The van der Waals surface area contributed by atoms with Gasteiger partial charge >= 0.3 is 0 Å². The van der Waals surface area contributed by atoms with Crippen molar-refractivity contribution in [3.05, 3.63) is 89.1 Å². The van der Waals surface area contributed by atoms with E-state index in [1.807, 2.05) is 73.1 Å². The third-order valence-corrected chi connectivity index (χ3v) is 5.67. The molecule has 1 aliphatic heterocycles. The van der Waals surface area contributed by atoms with Gasteiger partial charge in [0.15, 0.2) is 0 Å². The van der Waals surface area contributed by atoms with E-state index in [0.29, 0.717) is 5.56 Å². The van der Waals surface area contributed by atoms with Gasteiger partial charge in [-0.1, -0.05) is 36.9 Å². The fourth-order valence-corrected chi connectivity index (χ4v) is 3.84. The van der Waals surface area contributed by atoms with E-state index in [2.05, 4.69) is 19.6 Å². The highest BCUT2D eigenvalue weighted by Gasteiger charge is 2.42. The summed E-state index contributed by atoms with van der Waals surface area (Å²) in [7, 11) is 0. The van der Waals surface area contributed by atoms with Crippen molar-refractivity contribution in [1.29, 1.82) is 5.26 Å². The summed E-state index contributed by atoms with van der Waals surface area (Å²) in [6.45, 7) is 10.3. The molecule has 0 spiro atoms. The average molecular weight is 369 g/mol. The second-order valence-electron chi connectivity index (χ2n) is 7.66. The Morgan fingerprint density at radius 2 is 1.89 bits per heavy atom. The summed E-state index contributed by atoms with van der Waals surface area (Å²) < 4.78 is 8.42. The molecular weight excluding hydrogens is 346 g/mol. The smallest absolute Gasteiger partial charge is 0.221 e. The highest BCUT2D eigenvalue weighted by molar-refractivity contribution is 5.50. The number of aryl methyl sites for hydroxylation is 1. The molecule has 2 aromatic carbocycles. The second-order valence-corrected chi connectivity index (χ2v) is 7.66. The van der Waals surface area contributed by atoms with Crippen molar-refractivity contribution in [2.75, 3.05) is 0 Å². The van der Waals surface area contributed by atoms with E-state index in [1.165, 1.54) is 0 Å². The van der Waals surface area contributed by atoms with E-state index in [9.17, 15) is 0 Å². The first kappa shape index (κ1) is 18.1. The van der Waals surface area contributed by atoms with Crippen LogP contribution in [-0.2, 0) is 0 Å². The lowest BCUT2D eigenvalue weighted by Gasteiger charge is -2.39. The van der Waals surface area contributed by atoms with Gasteiger partial charge in [0.1, 0.15) is 5.60 Å². The molecule has 4 heteroatoms. The van der Waals surface area contributed by atoms with Crippen LogP contribution in [-0.4, -0.2) is 15.4 Å². The van der Waals surface area contributed by atoms with Gasteiger partial charge in [0, 0.05) is 17.9 Å². The molecule has 140 valence electrons. The normalized spacial score (nSPS) is 20.7. The molecule has 0 radical (unpaired) electrons. The minimum Gasteiger partial charge on any atom is -0.466 e. The predicted octanol–water partition coefficient (Wildman–Crippen LogP) is 5.30. The van der Waals surface area contributed by atoms with Crippen LogP contribution in [0.4, 0.5) is 0 Å². The molecule has 0 N–H and O–H groups in total. The topological polar surface area (TPSA) is 50.8 Å². The Kier molecular flexibility index (Phi) is 4.31. The number of ether oxygens (including phenoxy) is 1. The number of fused-ring (bicyclic) bond motifs is 1. The number of nitriles is 1. The molecule has 4 rings (SSSR count). The number of hydrogen-bond acceptors (Lipinski definition) is 3. The molecule has 0 saturated heterocycles. The Balaban J connectivity index is 1.91. The maximum Gasteiger partial charge on any atom is 0.221 e. The van der Waals surface area contributed by atoms with Crippen molar-refractivity contribution in [2.24, 2.45) is 0 Å². The molecule has 0 amide bonds. The van der Waals surface area contributed by atoms with Crippen LogP contribution in [0.1, 0.15) is 48.6 Å². The third kappa shape index (κ3) is 2.90. The van der Waals surface area contributed by atoms with Crippen LogP contribution in [0.25, 0.3) is 5.69 Å². The zero-order chi connectivity index (χ0) is 19.9. The molecule has 2 heterocycles. The van der Waals surface area contributed by atoms with Gasteiger partial charge in [-0.3, -0.25) is 0 Å². The largest absolute Gasteiger partial charge is 0.466 e. The van der Waals surface area contributed by atoms with Crippen LogP contribution < -0.4 is 4.74 Å². The minimum absolute atomic E-state index is 0.121. The number of para-hydroxylation sites is 1. The van der Waals surface area contributed by atoms with Crippen LogP contribution in [0.3, 0.4) is 0 Å². The van der Waals surface area contributed by atoms with Crippen molar-refractivity contribution in [3.63, 3.8) is 0 Å². The highest BCUT2D eigenvalue weighted by Crippen LogP contribution is 2.48. The van der Waals surface area contributed by atoms with Gasteiger partial charge in [-0.2, -0.15) is 10.4 Å². The van der Waals surface area contributed by atoms with Gasteiger partial charge in [0.05, 0.1) is 23.0 Å². The maximum atomic E-state index is 9.13. The molecule has 4 nitrogen and oxygen atoms in total. The van der Waals surface area contributed by atoms with E-state index in [4.69, 9.17) is 15.1 Å². The van der Waals surface area contributed by atoms with Crippen molar-refractivity contribution >= 4 is 0 Å². The van der Waals surface area contributed by atoms with E-state index < -0.39 is 5.60 Å². The molecule has 28 heavy (non-hydrogen) atoms. The van der Waals surface area contributed by atoms with Gasteiger partial charge in [-0.05, 0) is 56.2 Å². The lowest BCUT2D eigenvalue weighted by molar-refractivity contribution is 0.0856. The van der Waals surface area contributed by atoms with Crippen LogP contribution in [0.2, 0.25) is 0 Å². The Morgan fingerprint density at radius 3 is 2.50 bits per heavy atom. The van der Waals surface area contributed by atoms with Crippen molar-refractivity contribution in [1.82, 2.24) is 9.78 Å². The minimum atomic E-state index is -0.495. The van der Waals surface area contributed by atoms with Crippen LogP contribution in [0.15, 0.2) is 66.7 Å². The standard InChI is InChI=1S/C24H23N3O/c1-16(2)24(4)14-21(19-12-10-18(15-25)11-13-19)22-17(3)26-27(23(22)28-24)20-8-6-5-7-9-20/h5-13,21H,1,14H2,2-4H3/t21-,24-/m1/s1. The first-order valence-electron chi connectivity index (χ1n) is 9.43. The van der Waals surface area contributed by atoms with E-state index in [0.717, 1.165) is 40.4 Å². The quantitative estimate of drug-likeness (QED) is 0.589. The van der Waals surface area contributed by atoms with Gasteiger partial charge in [0.25, 0.3) is 0 Å². The molecule has 0 unspecified atom stereocenters. The zero-order valence-electron chi connectivity index (χ0n) is 16.4. The molecule has 0 saturated carbocycles. The van der Waals surface area contributed by atoms with Gasteiger partial charge in [-0.15, -0.1) is 0 Å². The highest BCUT2D eigenvalue weighted by atomic mass is 16.5. The van der Waals surface area contributed by atoms with Crippen LogP contribution in [0.5, 0.6) is 5.88 Å². The van der Waals surface area contributed by atoms with Crippen molar-refractivity contribution < 1.29 is 4.74 Å². The predicted molar refractivity (Wildman–Crippen MR) is 110 cm³/mol. The zero-order valence-corrected chi connectivity index (χ0v) is 16.4. The van der Waals surface area contributed by atoms with Gasteiger partial charge < -0.3 is 4.74 Å². The van der Waals surface area contributed by atoms with Crippen LogP contribution >= 0.6 is 0 Å². The molecule has 0 bridgehead atoms. The lowest BCUT2D eigenvalue weighted by atomic mass is 9.77. The summed E-state index contributed by atoms with van der Waals surface area (Å²) in [6.07, 6.45) is 0.780. The van der Waals surface area contributed by atoms with Crippen LogP contribution in [0, 0.1) is 18.3 Å². The number of benzene rings is 2. The van der Waals surface area contributed by atoms with Gasteiger partial charge in [0.2, 0.25) is 5.88 Å². The molecule has 0 fully saturated rings. The summed E-state index contributed by atoms with van der Waals surface area (Å²) in [5.74, 6) is 0.894. The fraction of sp³-hybridized carbons (Fsp3) is 0.250. The number of nitrogens with zero attached hydrogens (tertiary/aromatic N) is 3. The van der Waals surface area contributed by atoms with E-state index in [-0.39, 0.29) is 5.92 Å². The van der Waals surface area contributed by atoms with E-state index >= 15 is 0 Å². The first-order valence-corrected chi connectivity index (χ1v) is 9.43. The average Bonchev–Trinajstić information content (AvgIpc) is 3.04. The third-order valence-electron chi connectivity index (χ3n) is 5.67. The Bertz CT molecular complexity index is 1070. The van der Waals surface area contributed by atoms with Gasteiger partial charge in [-0.25, -0.2) is 4.68 Å². The maximum absolute atomic E-state index is 9.13. The molecule has 1 aromatic heterocycles. The Labute approximate surface area is 165 Å². The molecule has 1 aliphatic rings. The van der Waals surface area contributed by atoms with Crippen molar-refractivity contribution in [2.45, 2.75) is 38.7 Å². The summed E-state index contributed by atoms with van der Waals surface area (Å²) in [6, 6.07) is 20.1. The summed E-state index contributed by atoms with van der Waals surface area (Å²) >= 11 is 0. The Hall–Kier alpha value is -3.32.